The van der Waals surface area contributed by atoms with Crippen molar-refractivity contribution in [2.75, 3.05) is 26.2 Å². The molecule has 126 valence electrons. The Bertz CT molecular complexity index is 776. The fourth-order valence-electron chi connectivity index (χ4n) is 2.95. The highest BCUT2D eigenvalue weighted by Crippen LogP contribution is 2.20. The summed E-state index contributed by atoms with van der Waals surface area (Å²) in [6.07, 6.45) is 0. The van der Waals surface area contributed by atoms with E-state index in [1.54, 1.807) is 0 Å². The monoisotopic (exact) mass is 343 g/mol. The normalized spacial score (nSPS) is 14.8. The van der Waals surface area contributed by atoms with Crippen molar-refractivity contribution in [1.29, 1.82) is 0 Å². The maximum absolute atomic E-state index is 12.6. The zero-order valence-electron chi connectivity index (χ0n) is 14.2. The van der Waals surface area contributed by atoms with Gasteiger partial charge in [0.15, 0.2) is 0 Å². The van der Waals surface area contributed by atoms with Crippen molar-refractivity contribution in [2.24, 2.45) is 0 Å². The molecule has 6 heteroatoms. The summed E-state index contributed by atoms with van der Waals surface area (Å²) in [5.41, 5.74) is 2.58. The van der Waals surface area contributed by atoms with Gasteiger partial charge in [0, 0.05) is 31.7 Å². The van der Waals surface area contributed by atoms with Crippen molar-refractivity contribution in [3.8, 4) is 0 Å². The van der Waals surface area contributed by atoms with Crippen LogP contribution in [0, 0.1) is 20.8 Å². The number of nitrogens with zero attached hydrogens (tertiary/aromatic N) is 3. The Morgan fingerprint density at radius 3 is 2.17 bits per heavy atom. The maximum Gasteiger partial charge on any atom is 0.265 e. The van der Waals surface area contributed by atoms with Crippen LogP contribution in [0.2, 0.25) is 0 Å². The predicted octanol–water partition coefficient (Wildman–Crippen LogP) is 2.67. The van der Waals surface area contributed by atoms with E-state index in [9.17, 15) is 9.59 Å². The highest BCUT2D eigenvalue weighted by Gasteiger charge is 2.27. The Balaban J connectivity index is 1.64. The summed E-state index contributed by atoms with van der Waals surface area (Å²) in [7, 11) is 0. The van der Waals surface area contributed by atoms with E-state index in [-0.39, 0.29) is 11.8 Å². The first-order valence-electron chi connectivity index (χ1n) is 8.05. The highest BCUT2D eigenvalue weighted by molar-refractivity contribution is 7.13. The van der Waals surface area contributed by atoms with Crippen LogP contribution in [0.1, 0.15) is 36.3 Å². The van der Waals surface area contributed by atoms with Crippen molar-refractivity contribution in [3.05, 3.63) is 51.0 Å². The Kier molecular flexibility index (Phi) is 4.66. The Labute approximate surface area is 145 Å². The topological polar surface area (TPSA) is 53.5 Å². The van der Waals surface area contributed by atoms with Crippen LogP contribution in [0.15, 0.2) is 24.3 Å². The second-order valence-electron chi connectivity index (χ2n) is 6.10. The summed E-state index contributed by atoms with van der Waals surface area (Å²) >= 11 is 1.44. The minimum Gasteiger partial charge on any atom is -0.335 e. The number of carbonyl (C=O) groups excluding carboxylic acids is 2. The molecule has 2 heterocycles. The number of thiazole rings is 1. The molecule has 1 fully saturated rings. The van der Waals surface area contributed by atoms with E-state index in [1.165, 1.54) is 11.3 Å². The van der Waals surface area contributed by atoms with Crippen LogP contribution < -0.4 is 0 Å². The molecule has 0 bridgehead atoms. The average Bonchev–Trinajstić information content (AvgIpc) is 2.92. The molecule has 1 aromatic carbocycles. The molecular formula is C18H21N3O2S. The van der Waals surface area contributed by atoms with E-state index in [4.69, 9.17) is 0 Å². The number of hydrogen-bond acceptors (Lipinski definition) is 4. The molecule has 0 unspecified atom stereocenters. The van der Waals surface area contributed by atoms with Crippen LogP contribution in [0.4, 0.5) is 0 Å². The first-order chi connectivity index (χ1) is 11.5. The van der Waals surface area contributed by atoms with Crippen molar-refractivity contribution < 1.29 is 9.59 Å². The van der Waals surface area contributed by atoms with Gasteiger partial charge in [-0.1, -0.05) is 17.7 Å². The highest BCUT2D eigenvalue weighted by atomic mass is 32.1. The van der Waals surface area contributed by atoms with Crippen molar-refractivity contribution in [2.45, 2.75) is 20.8 Å². The molecule has 24 heavy (non-hydrogen) atoms. The molecule has 1 aromatic heterocycles. The molecule has 0 atom stereocenters. The second kappa shape index (κ2) is 6.73. The molecule has 1 saturated heterocycles. The summed E-state index contributed by atoms with van der Waals surface area (Å²) < 4.78 is 0. The lowest BCUT2D eigenvalue weighted by Gasteiger charge is -2.34. The number of piperazine rings is 1. The van der Waals surface area contributed by atoms with Gasteiger partial charge in [-0.3, -0.25) is 9.59 Å². The lowest BCUT2D eigenvalue weighted by Crippen LogP contribution is -2.50. The Hall–Kier alpha value is -2.21. The number of hydrogen-bond donors (Lipinski definition) is 0. The van der Waals surface area contributed by atoms with Gasteiger partial charge in [0.05, 0.1) is 10.7 Å². The second-order valence-corrected chi connectivity index (χ2v) is 7.30. The third-order valence-electron chi connectivity index (χ3n) is 4.22. The van der Waals surface area contributed by atoms with Gasteiger partial charge in [0.2, 0.25) is 0 Å². The van der Waals surface area contributed by atoms with Crippen molar-refractivity contribution >= 4 is 23.2 Å². The predicted molar refractivity (Wildman–Crippen MR) is 94.6 cm³/mol. The molecular weight excluding hydrogens is 322 g/mol. The van der Waals surface area contributed by atoms with Gasteiger partial charge in [0.25, 0.3) is 11.8 Å². The number of carbonyl (C=O) groups is 2. The number of aryl methyl sites for hydroxylation is 3. The molecule has 5 nitrogen and oxygen atoms in total. The standard InChI is InChI=1S/C18H21N3O2S/c1-12-5-4-6-15(11-12)17(22)20-7-9-21(10-8-20)18(23)16-13(2)19-14(3)24-16/h4-6,11H,7-10H2,1-3H3. The largest absolute Gasteiger partial charge is 0.335 e. The van der Waals surface area contributed by atoms with Gasteiger partial charge in [-0.15, -0.1) is 11.3 Å². The molecule has 0 aliphatic carbocycles. The van der Waals surface area contributed by atoms with E-state index >= 15 is 0 Å². The van der Waals surface area contributed by atoms with E-state index in [0.29, 0.717) is 36.6 Å². The van der Waals surface area contributed by atoms with Crippen molar-refractivity contribution in [3.63, 3.8) is 0 Å². The van der Waals surface area contributed by atoms with Gasteiger partial charge in [0.1, 0.15) is 4.88 Å². The van der Waals surface area contributed by atoms with Gasteiger partial charge in [-0.05, 0) is 32.9 Å². The zero-order chi connectivity index (χ0) is 17.3. The summed E-state index contributed by atoms with van der Waals surface area (Å²) in [5.74, 6) is 0.0661. The van der Waals surface area contributed by atoms with Crippen LogP contribution in [0.3, 0.4) is 0 Å². The minimum atomic E-state index is 0.0285. The van der Waals surface area contributed by atoms with Crippen LogP contribution in [-0.4, -0.2) is 52.8 Å². The van der Waals surface area contributed by atoms with Gasteiger partial charge < -0.3 is 9.80 Å². The number of rotatable bonds is 2. The Morgan fingerprint density at radius 1 is 1.00 bits per heavy atom. The summed E-state index contributed by atoms with van der Waals surface area (Å²) in [4.78, 5) is 33.9. The van der Waals surface area contributed by atoms with Crippen LogP contribution in [-0.2, 0) is 0 Å². The fraction of sp³-hybridized carbons (Fsp3) is 0.389. The van der Waals surface area contributed by atoms with Crippen molar-refractivity contribution in [1.82, 2.24) is 14.8 Å². The van der Waals surface area contributed by atoms with Crippen LogP contribution in [0.5, 0.6) is 0 Å². The SMILES string of the molecule is Cc1cccc(C(=O)N2CCN(C(=O)c3sc(C)nc3C)CC2)c1. The quantitative estimate of drug-likeness (QED) is 0.842. The summed E-state index contributed by atoms with van der Waals surface area (Å²) in [6.45, 7) is 8.01. The van der Waals surface area contributed by atoms with Crippen LogP contribution in [0.25, 0.3) is 0 Å². The summed E-state index contributed by atoms with van der Waals surface area (Å²) in [6, 6.07) is 7.63. The Morgan fingerprint density at radius 2 is 1.62 bits per heavy atom. The molecule has 1 aliphatic heterocycles. The number of amides is 2. The van der Waals surface area contributed by atoms with E-state index in [2.05, 4.69) is 4.98 Å². The molecule has 2 aromatic rings. The van der Waals surface area contributed by atoms with E-state index in [0.717, 1.165) is 16.3 Å². The number of benzene rings is 1. The lowest BCUT2D eigenvalue weighted by atomic mass is 10.1. The average molecular weight is 343 g/mol. The third-order valence-corrected chi connectivity index (χ3v) is 5.28. The zero-order valence-corrected chi connectivity index (χ0v) is 15.0. The smallest absolute Gasteiger partial charge is 0.265 e. The first-order valence-corrected chi connectivity index (χ1v) is 8.86. The molecule has 3 rings (SSSR count). The summed E-state index contributed by atoms with van der Waals surface area (Å²) in [5, 5.41) is 0.907. The fourth-order valence-corrected chi connectivity index (χ4v) is 3.83. The number of aromatic nitrogens is 1. The lowest BCUT2D eigenvalue weighted by molar-refractivity contribution is 0.0537. The van der Waals surface area contributed by atoms with E-state index < -0.39 is 0 Å². The molecule has 0 N–H and O–H groups in total. The minimum absolute atomic E-state index is 0.0285. The third kappa shape index (κ3) is 3.33. The molecule has 0 radical (unpaired) electrons. The van der Waals surface area contributed by atoms with Gasteiger partial charge in [-0.2, -0.15) is 0 Å². The van der Waals surface area contributed by atoms with Gasteiger partial charge >= 0.3 is 0 Å². The molecule has 0 saturated carbocycles. The molecule has 0 spiro atoms. The maximum atomic E-state index is 12.6. The molecule has 2 amide bonds. The first kappa shape index (κ1) is 16.6. The molecule has 1 aliphatic rings. The van der Waals surface area contributed by atoms with Gasteiger partial charge in [-0.25, -0.2) is 4.98 Å². The van der Waals surface area contributed by atoms with E-state index in [1.807, 2.05) is 54.8 Å². The van der Waals surface area contributed by atoms with Crippen LogP contribution >= 0.6 is 11.3 Å².